The summed E-state index contributed by atoms with van der Waals surface area (Å²) in [4.78, 5) is 72.9. The van der Waals surface area contributed by atoms with Gasteiger partial charge in [-0.3, -0.25) is 37.3 Å². The van der Waals surface area contributed by atoms with Crippen molar-refractivity contribution >= 4 is 39.5 Å². The van der Waals surface area contributed by atoms with E-state index in [0.717, 1.165) is 115 Å². The first-order valence-corrected chi connectivity index (χ1v) is 43.9. The van der Waals surface area contributed by atoms with Gasteiger partial charge < -0.3 is 33.8 Å². The number of allylic oxidation sites excluding steroid dienone is 4. The van der Waals surface area contributed by atoms with Crippen molar-refractivity contribution in [2.45, 2.75) is 419 Å². The van der Waals surface area contributed by atoms with Crippen molar-refractivity contribution in [1.29, 1.82) is 0 Å². The van der Waals surface area contributed by atoms with Gasteiger partial charge >= 0.3 is 39.5 Å². The van der Waals surface area contributed by atoms with Crippen molar-refractivity contribution in [2.75, 3.05) is 39.6 Å². The summed E-state index contributed by atoms with van der Waals surface area (Å²) in [5.41, 5.74) is 0. The third-order valence-corrected chi connectivity index (χ3v) is 20.1. The van der Waals surface area contributed by atoms with Gasteiger partial charge in [-0.1, -0.05) is 348 Å². The molecule has 5 atom stereocenters. The molecule has 0 saturated carbocycles. The summed E-state index contributed by atoms with van der Waals surface area (Å²) in [5, 5.41) is 10.6. The molecular weight excluding hydrogens is 1290 g/mol. The van der Waals surface area contributed by atoms with Gasteiger partial charge in [0.1, 0.15) is 19.3 Å². The van der Waals surface area contributed by atoms with E-state index in [1.165, 1.54) is 205 Å². The van der Waals surface area contributed by atoms with Crippen LogP contribution >= 0.6 is 15.6 Å². The van der Waals surface area contributed by atoms with E-state index in [4.69, 9.17) is 37.0 Å². The second-order valence-corrected chi connectivity index (χ2v) is 31.5. The van der Waals surface area contributed by atoms with Gasteiger partial charge in [0, 0.05) is 25.7 Å². The van der Waals surface area contributed by atoms with Crippen LogP contribution in [-0.4, -0.2) is 96.7 Å². The maximum absolute atomic E-state index is 13.1. The lowest BCUT2D eigenvalue weighted by Crippen LogP contribution is -2.30. The van der Waals surface area contributed by atoms with E-state index in [-0.39, 0.29) is 25.7 Å². The van der Waals surface area contributed by atoms with E-state index in [0.29, 0.717) is 25.7 Å². The summed E-state index contributed by atoms with van der Waals surface area (Å²) in [6.45, 7) is 7.25. The lowest BCUT2D eigenvalue weighted by atomic mass is 10.0. The average molecular weight is 1450 g/mol. The number of hydrogen-bond donors (Lipinski definition) is 3. The topological polar surface area (TPSA) is 237 Å². The molecule has 3 N–H and O–H groups in total. The van der Waals surface area contributed by atoms with E-state index >= 15 is 0 Å². The molecule has 0 aromatic carbocycles. The number of carbonyl (C=O) groups excluding carboxylic acids is 4. The Morgan fingerprint density at radius 1 is 0.313 bits per heavy atom. The van der Waals surface area contributed by atoms with Gasteiger partial charge in [-0.2, -0.15) is 0 Å². The van der Waals surface area contributed by atoms with Crippen molar-refractivity contribution in [1.82, 2.24) is 0 Å². The average Bonchev–Trinajstić information content (AvgIpc) is 1.05. The number of phosphoric acid groups is 2. The molecule has 19 heteroatoms. The van der Waals surface area contributed by atoms with Gasteiger partial charge in [-0.05, 0) is 57.3 Å². The number of aliphatic hydroxyl groups excluding tert-OH is 1. The number of unbranched alkanes of at least 4 members (excludes halogenated alkanes) is 47. The molecule has 0 spiro atoms. The van der Waals surface area contributed by atoms with Crippen molar-refractivity contribution in [3.05, 3.63) is 24.3 Å². The first kappa shape index (κ1) is 96.5. The van der Waals surface area contributed by atoms with Gasteiger partial charge in [0.2, 0.25) is 0 Å². The molecular formula is C80H152O17P2. The molecule has 0 aromatic heterocycles. The number of esters is 4. The van der Waals surface area contributed by atoms with Gasteiger partial charge in [-0.15, -0.1) is 0 Å². The monoisotopic (exact) mass is 1450 g/mol. The van der Waals surface area contributed by atoms with E-state index < -0.39 is 97.5 Å². The molecule has 2 unspecified atom stereocenters. The number of rotatable bonds is 78. The smallest absolute Gasteiger partial charge is 0.462 e. The summed E-state index contributed by atoms with van der Waals surface area (Å²) in [7, 11) is -9.93. The Hall–Kier alpha value is -2.46. The molecule has 0 aliphatic rings. The Kier molecular flexibility index (Phi) is 70.7. The van der Waals surface area contributed by atoms with Crippen LogP contribution in [0.2, 0.25) is 0 Å². The Bertz CT molecular complexity index is 1990. The second kappa shape index (κ2) is 72.5. The Morgan fingerprint density at radius 2 is 0.545 bits per heavy atom. The van der Waals surface area contributed by atoms with E-state index in [9.17, 15) is 43.2 Å². The molecule has 0 aliphatic carbocycles. The molecule has 0 heterocycles. The summed E-state index contributed by atoms with van der Waals surface area (Å²) >= 11 is 0. The number of aliphatic hydroxyl groups is 1. The number of carbonyl (C=O) groups is 4. The molecule has 99 heavy (non-hydrogen) atoms. The maximum Gasteiger partial charge on any atom is 0.472 e. The summed E-state index contributed by atoms with van der Waals surface area (Å²) < 4.78 is 68.6. The van der Waals surface area contributed by atoms with Crippen molar-refractivity contribution in [3.63, 3.8) is 0 Å². The lowest BCUT2D eigenvalue weighted by Gasteiger charge is -2.21. The predicted molar refractivity (Wildman–Crippen MR) is 404 cm³/mol. The Labute approximate surface area is 605 Å². The minimum atomic E-state index is -4.97. The molecule has 0 fully saturated rings. The van der Waals surface area contributed by atoms with Crippen molar-refractivity contribution in [3.8, 4) is 0 Å². The van der Waals surface area contributed by atoms with E-state index in [1.807, 2.05) is 0 Å². The molecule has 0 saturated heterocycles. The molecule has 0 aliphatic heterocycles. The van der Waals surface area contributed by atoms with E-state index in [2.05, 4.69) is 58.9 Å². The maximum atomic E-state index is 13.1. The van der Waals surface area contributed by atoms with Crippen LogP contribution < -0.4 is 0 Å². The van der Waals surface area contributed by atoms with Crippen molar-refractivity contribution < 1.29 is 80.2 Å². The highest BCUT2D eigenvalue weighted by molar-refractivity contribution is 7.47. The number of phosphoric ester groups is 2. The van der Waals surface area contributed by atoms with Crippen LogP contribution in [0.3, 0.4) is 0 Å². The molecule has 0 rings (SSSR count). The zero-order valence-electron chi connectivity index (χ0n) is 64.1. The zero-order chi connectivity index (χ0) is 72.7. The van der Waals surface area contributed by atoms with Crippen molar-refractivity contribution in [2.24, 2.45) is 5.92 Å². The second-order valence-electron chi connectivity index (χ2n) is 28.6. The fraction of sp³-hybridized carbons (Fsp3) is 0.900. The lowest BCUT2D eigenvalue weighted by molar-refractivity contribution is -0.161. The zero-order valence-corrected chi connectivity index (χ0v) is 65.9. The normalized spacial score (nSPS) is 14.0. The molecule has 17 nitrogen and oxygen atoms in total. The van der Waals surface area contributed by atoms with Crippen LogP contribution in [-0.2, 0) is 65.4 Å². The van der Waals surface area contributed by atoms with Crippen LogP contribution in [0, 0.1) is 5.92 Å². The van der Waals surface area contributed by atoms with Crippen LogP contribution in [0.15, 0.2) is 24.3 Å². The number of hydrogen-bond acceptors (Lipinski definition) is 15. The van der Waals surface area contributed by atoms with Gasteiger partial charge in [0.15, 0.2) is 12.2 Å². The third kappa shape index (κ3) is 73.6. The standard InChI is InChI=1S/C80H152O17P2/c1-6-9-12-15-18-21-23-25-27-28-29-30-31-33-35-40-45-50-55-60-65-79(84)97-76(70-91-78(83)64-59-54-49-44-39-34-32-26-24-22-19-16-13-10-7-2)72-95-99(88,89)93-68-74(81)67-92-98(86,87)94-71-75(69-90-77(82)63-58-53-48-42-20-17-14-11-8-3)96-80(85)66-61-56-51-46-41-37-36-38-43-47-52-57-62-73(4)5/h22,24,26,32,73-76,81H,6-21,23,25,27-31,33-72H2,1-5H3,(H,86,87)(H,88,89)/b24-22-,32-26-/t74-,75+,76+/m0/s1. The van der Waals surface area contributed by atoms with Gasteiger partial charge in [-0.25, -0.2) is 9.13 Å². The molecule has 0 aromatic rings. The molecule has 0 bridgehead atoms. The predicted octanol–water partition coefficient (Wildman–Crippen LogP) is 23.6. The highest BCUT2D eigenvalue weighted by Gasteiger charge is 2.30. The summed E-state index contributed by atoms with van der Waals surface area (Å²) in [5.74, 6) is -1.36. The number of ether oxygens (including phenoxy) is 4. The van der Waals surface area contributed by atoms with Crippen LogP contribution in [0.5, 0.6) is 0 Å². The SMILES string of the molecule is CCCCCC/C=C\C=C/CCCCCCCC(=O)OC[C@H](COP(=O)(O)OC[C@@H](O)COP(=O)(O)OC[C@@H](COC(=O)CCCCCCCCCCC)OC(=O)CCCCCCCCCCCCCCC(C)C)OC(=O)CCCCCCCCCCCCCCCCCCCCCC. The Balaban J connectivity index is 5.24. The van der Waals surface area contributed by atoms with Crippen LogP contribution in [0.25, 0.3) is 0 Å². The highest BCUT2D eigenvalue weighted by Crippen LogP contribution is 2.45. The van der Waals surface area contributed by atoms with Crippen LogP contribution in [0.1, 0.15) is 401 Å². The molecule has 584 valence electrons. The highest BCUT2D eigenvalue weighted by atomic mass is 31.2. The summed E-state index contributed by atoms with van der Waals surface area (Å²) in [6.07, 6.45) is 66.0. The fourth-order valence-electron chi connectivity index (χ4n) is 11.9. The Morgan fingerprint density at radius 3 is 0.828 bits per heavy atom. The summed E-state index contributed by atoms with van der Waals surface area (Å²) in [6, 6.07) is 0. The molecule has 0 radical (unpaired) electrons. The first-order chi connectivity index (χ1) is 48.0. The largest absolute Gasteiger partial charge is 0.472 e. The quantitative estimate of drug-likeness (QED) is 0.0169. The first-order valence-electron chi connectivity index (χ1n) is 41.0. The minimum Gasteiger partial charge on any atom is -0.462 e. The minimum absolute atomic E-state index is 0.102. The van der Waals surface area contributed by atoms with E-state index in [1.54, 1.807) is 0 Å². The van der Waals surface area contributed by atoms with Gasteiger partial charge in [0.05, 0.1) is 26.4 Å². The molecule has 0 amide bonds. The van der Waals surface area contributed by atoms with Gasteiger partial charge in [0.25, 0.3) is 0 Å². The van der Waals surface area contributed by atoms with Crippen LogP contribution in [0.4, 0.5) is 0 Å². The third-order valence-electron chi connectivity index (χ3n) is 18.2. The fourth-order valence-corrected chi connectivity index (χ4v) is 13.4.